The van der Waals surface area contributed by atoms with Crippen molar-refractivity contribution >= 4 is 12.2 Å². The molecule has 0 radical (unpaired) electrons. The van der Waals surface area contributed by atoms with Crippen LogP contribution in [-0.4, -0.2) is 34.0 Å². The van der Waals surface area contributed by atoms with Crippen LogP contribution in [0.15, 0.2) is 17.1 Å². The molecule has 0 aliphatic heterocycles. The van der Waals surface area contributed by atoms with E-state index in [1.54, 1.807) is 13.8 Å². The molecule has 6 nitrogen and oxygen atoms in total. The van der Waals surface area contributed by atoms with E-state index in [4.69, 9.17) is 11.1 Å². The molecule has 106 valence electrons. The molecule has 1 aromatic heterocycles. The number of nitrogens with one attached hydrogen (secondary N) is 3. The second-order valence-corrected chi connectivity index (χ2v) is 5.18. The Labute approximate surface area is 113 Å². The third kappa shape index (κ3) is 5.67. The number of nitrogens with two attached hydrogens (primary N) is 1. The van der Waals surface area contributed by atoms with Gasteiger partial charge in [-0.2, -0.15) is 0 Å². The van der Waals surface area contributed by atoms with Gasteiger partial charge < -0.3 is 15.8 Å². The molecule has 0 fully saturated rings. The Hall–Kier alpha value is -1.66. The molecule has 1 unspecified atom stereocenters. The highest BCUT2D eigenvalue weighted by atomic mass is 16.3. The number of nitrogens with zero attached hydrogens (tertiary/aromatic N) is 1. The third-order valence-corrected chi connectivity index (χ3v) is 2.67. The number of aromatic nitrogens is 1. The molecule has 1 aromatic rings. The maximum atomic E-state index is 9.65. The molecule has 1 rings (SSSR count). The van der Waals surface area contributed by atoms with Gasteiger partial charge in [0.15, 0.2) is 0 Å². The fourth-order valence-corrected chi connectivity index (χ4v) is 1.92. The second-order valence-electron chi connectivity index (χ2n) is 5.18. The summed E-state index contributed by atoms with van der Waals surface area (Å²) in [5, 5.41) is 19.6. The lowest BCUT2D eigenvalue weighted by molar-refractivity contribution is 0.0321. The van der Waals surface area contributed by atoms with Crippen LogP contribution in [0, 0.1) is 5.41 Å². The van der Waals surface area contributed by atoms with E-state index in [0.717, 1.165) is 30.6 Å². The summed E-state index contributed by atoms with van der Waals surface area (Å²) in [6.07, 6.45) is 2.67. The number of hydrogen-bond donors (Lipinski definition) is 5. The Kier molecular flexibility index (Phi) is 5.26. The Morgan fingerprint density at radius 1 is 1.63 bits per heavy atom. The third-order valence-electron chi connectivity index (χ3n) is 2.67. The average Bonchev–Trinajstić information content (AvgIpc) is 2.73. The summed E-state index contributed by atoms with van der Waals surface area (Å²) < 4.78 is 0. The smallest absolute Gasteiger partial charge is 0.148 e. The molecule has 1 atom stereocenters. The monoisotopic (exact) mass is 265 g/mol. The zero-order chi connectivity index (χ0) is 14.5. The minimum atomic E-state index is -0.860. The van der Waals surface area contributed by atoms with Crippen LogP contribution in [0.5, 0.6) is 0 Å². The molecule has 0 aliphatic rings. The van der Waals surface area contributed by atoms with E-state index in [-0.39, 0.29) is 6.04 Å². The Morgan fingerprint density at radius 3 is 2.89 bits per heavy atom. The van der Waals surface area contributed by atoms with Gasteiger partial charge in [-0.15, -0.1) is 0 Å². The molecule has 6 heteroatoms. The van der Waals surface area contributed by atoms with Crippen molar-refractivity contribution in [2.45, 2.75) is 45.4 Å². The number of aryl methyl sites for hydroxylation is 1. The molecular formula is C13H23N5O. The number of rotatable bonds is 7. The summed E-state index contributed by atoms with van der Waals surface area (Å²) in [6, 6.07) is 4.02. The lowest BCUT2D eigenvalue weighted by atomic mass is 10.1. The zero-order valence-corrected chi connectivity index (χ0v) is 11.7. The number of hydrogen-bond acceptors (Lipinski definition) is 3. The van der Waals surface area contributed by atoms with Crippen molar-refractivity contribution in [3.05, 3.63) is 23.5 Å². The van der Waals surface area contributed by atoms with E-state index >= 15 is 0 Å². The van der Waals surface area contributed by atoms with Gasteiger partial charge in [-0.3, -0.25) is 10.7 Å². The predicted molar refractivity (Wildman–Crippen MR) is 77.5 cm³/mol. The minimum Gasteiger partial charge on any atom is -0.382 e. The van der Waals surface area contributed by atoms with Crippen LogP contribution in [0.3, 0.4) is 0 Å². The van der Waals surface area contributed by atoms with Crippen molar-refractivity contribution < 1.29 is 5.11 Å². The first-order valence-corrected chi connectivity index (χ1v) is 6.32. The molecule has 0 bridgehead atoms. The van der Waals surface area contributed by atoms with Gasteiger partial charge in [0.1, 0.15) is 17.9 Å². The van der Waals surface area contributed by atoms with Gasteiger partial charge in [0, 0.05) is 11.7 Å². The second kappa shape index (κ2) is 6.49. The van der Waals surface area contributed by atoms with E-state index < -0.39 is 5.72 Å². The normalized spacial score (nSPS) is 14.4. The van der Waals surface area contributed by atoms with E-state index in [1.807, 2.05) is 19.1 Å². The van der Waals surface area contributed by atoms with Gasteiger partial charge in [-0.1, -0.05) is 0 Å². The first-order valence-electron chi connectivity index (χ1n) is 6.32. The van der Waals surface area contributed by atoms with E-state index in [2.05, 4.69) is 15.3 Å². The highest BCUT2D eigenvalue weighted by Gasteiger charge is 2.15. The van der Waals surface area contributed by atoms with Crippen molar-refractivity contribution in [2.75, 3.05) is 0 Å². The largest absolute Gasteiger partial charge is 0.382 e. The highest BCUT2D eigenvalue weighted by molar-refractivity contribution is 5.99. The number of aromatic amines is 1. The molecule has 0 aromatic carbocycles. The van der Waals surface area contributed by atoms with Crippen LogP contribution >= 0.6 is 0 Å². The molecule has 0 saturated carbocycles. The highest BCUT2D eigenvalue weighted by Crippen LogP contribution is 2.08. The molecular weight excluding hydrogens is 242 g/mol. The fraction of sp³-hybridized carbons (Fsp3) is 0.538. The van der Waals surface area contributed by atoms with Gasteiger partial charge in [-0.05, 0) is 45.7 Å². The van der Waals surface area contributed by atoms with Gasteiger partial charge in [-0.25, -0.2) is 4.99 Å². The maximum absolute atomic E-state index is 9.65. The number of H-pyrrole nitrogens is 1. The molecule has 0 saturated heterocycles. The predicted octanol–water partition coefficient (Wildman–Crippen LogP) is 0.966. The number of aliphatic imine (C=N–C) groups is 1. The minimum absolute atomic E-state index is 0.208. The van der Waals surface area contributed by atoms with Crippen molar-refractivity contribution in [1.82, 2.24) is 10.3 Å². The summed E-state index contributed by atoms with van der Waals surface area (Å²) in [5.74, 6) is 0.309. The number of aliphatic hydroxyl groups is 1. The molecule has 0 aliphatic carbocycles. The van der Waals surface area contributed by atoms with Gasteiger partial charge in [0.05, 0.1) is 5.69 Å². The Balaban J connectivity index is 2.51. The van der Waals surface area contributed by atoms with Crippen LogP contribution < -0.4 is 11.1 Å². The molecule has 6 N–H and O–H groups in total. The average molecular weight is 265 g/mol. The first-order chi connectivity index (χ1) is 8.81. The van der Waals surface area contributed by atoms with Crippen molar-refractivity contribution in [2.24, 2.45) is 10.7 Å². The first kappa shape index (κ1) is 15.4. The quantitative estimate of drug-likeness (QED) is 0.288. The lowest BCUT2D eigenvalue weighted by Crippen LogP contribution is -2.44. The fourth-order valence-electron chi connectivity index (χ4n) is 1.92. The molecule has 1 heterocycles. The summed E-state index contributed by atoms with van der Waals surface area (Å²) in [6.45, 7) is 5.49. The van der Waals surface area contributed by atoms with Gasteiger partial charge in [0.2, 0.25) is 0 Å². The summed E-state index contributed by atoms with van der Waals surface area (Å²) >= 11 is 0. The number of amidine groups is 1. The van der Waals surface area contributed by atoms with Crippen LogP contribution in [0.2, 0.25) is 0 Å². The van der Waals surface area contributed by atoms with Crippen molar-refractivity contribution in [3.63, 3.8) is 0 Å². The Morgan fingerprint density at radius 2 is 2.32 bits per heavy atom. The summed E-state index contributed by atoms with van der Waals surface area (Å²) in [4.78, 5) is 6.88. The SMILES string of the molecule is CC(CCc1ccc(C(N)=NC=N)[nH]1)NC(C)(C)O. The molecule has 0 amide bonds. The molecule has 19 heavy (non-hydrogen) atoms. The van der Waals surface area contributed by atoms with Crippen LogP contribution in [0.25, 0.3) is 0 Å². The van der Waals surface area contributed by atoms with E-state index in [1.165, 1.54) is 0 Å². The Bertz CT molecular complexity index is 444. The van der Waals surface area contributed by atoms with Gasteiger partial charge in [0.25, 0.3) is 0 Å². The van der Waals surface area contributed by atoms with Crippen molar-refractivity contribution in [3.8, 4) is 0 Å². The van der Waals surface area contributed by atoms with Crippen LogP contribution in [0.4, 0.5) is 0 Å². The zero-order valence-electron chi connectivity index (χ0n) is 11.7. The van der Waals surface area contributed by atoms with Gasteiger partial charge >= 0.3 is 0 Å². The van der Waals surface area contributed by atoms with Crippen LogP contribution in [0.1, 0.15) is 38.6 Å². The summed E-state index contributed by atoms with van der Waals surface area (Å²) in [5.41, 5.74) is 6.60. The lowest BCUT2D eigenvalue weighted by Gasteiger charge is -2.24. The summed E-state index contributed by atoms with van der Waals surface area (Å²) in [7, 11) is 0. The topological polar surface area (TPSA) is 110 Å². The van der Waals surface area contributed by atoms with E-state index in [0.29, 0.717) is 5.84 Å². The van der Waals surface area contributed by atoms with Crippen LogP contribution in [-0.2, 0) is 6.42 Å². The standard InChI is InChI=1S/C13H23N5O/c1-9(18-13(2,3)19)4-5-10-6-7-11(17-10)12(15)16-8-14/h6-9,17-19H,4-5H2,1-3H3,(H3,14,15,16). The van der Waals surface area contributed by atoms with E-state index in [9.17, 15) is 5.11 Å². The van der Waals surface area contributed by atoms with Crippen molar-refractivity contribution in [1.29, 1.82) is 5.41 Å². The maximum Gasteiger partial charge on any atom is 0.148 e. The molecule has 0 spiro atoms.